The maximum absolute atomic E-state index is 14.1. The highest BCUT2D eigenvalue weighted by Gasteiger charge is 2.31. The maximum atomic E-state index is 14.1. The number of rotatable bonds is 9. The van der Waals surface area contributed by atoms with Crippen molar-refractivity contribution in [2.24, 2.45) is 11.8 Å². The number of tetrazole rings is 1. The molecule has 0 saturated heterocycles. The van der Waals surface area contributed by atoms with E-state index < -0.39 is 0 Å². The van der Waals surface area contributed by atoms with Crippen LogP contribution in [-0.2, 0) is 19.6 Å². The number of benzene rings is 2. The first-order valence-electron chi connectivity index (χ1n) is 15.8. The monoisotopic (exact) mass is 576 g/mol. The van der Waals surface area contributed by atoms with Crippen LogP contribution >= 0.6 is 0 Å². The number of nitrogens with one attached hydrogen (secondary N) is 1. The Morgan fingerprint density at radius 1 is 0.767 bits per heavy atom. The van der Waals surface area contributed by atoms with Crippen molar-refractivity contribution in [1.82, 2.24) is 39.3 Å². The molecule has 3 heterocycles. The van der Waals surface area contributed by atoms with E-state index in [9.17, 15) is 9.59 Å². The molecule has 0 unspecified atom stereocenters. The van der Waals surface area contributed by atoms with Gasteiger partial charge in [0.05, 0.1) is 0 Å². The van der Waals surface area contributed by atoms with Crippen molar-refractivity contribution in [1.29, 1.82) is 0 Å². The SMILES string of the molecule is O=c1c2c(nc(C3CCCCC3)n2Cc2ccc(-c3ccccc3-c3nnn[nH]3)cc2)n(CC2CC2)c(=O)n1CC1CC1. The predicted octanol–water partition coefficient (Wildman–Crippen LogP) is 5.12. The first kappa shape index (κ1) is 26.3. The van der Waals surface area contributed by atoms with Crippen LogP contribution < -0.4 is 11.2 Å². The molecule has 5 aromatic rings. The number of hydrogen-bond donors (Lipinski definition) is 1. The summed E-state index contributed by atoms with van der Waals surface area (Å²) in [4.78, 5) is 33.0. The van der Waals surface area contributed by atoms with Crippen molar-refractivity contribution in [3.63, 3.8) is 0 Å². The minimum absolute atomic E-state index is 0.180. The fraction of sp³-hybridized carbons (Fsp3) is 0.455. The highest BCUT2D eigenvalue weighted by atomic mass is 16.2. The van der Waals surface area contributed by atoms with Crippen LogP contribution in [0.5, 0.6) is 0 Å². The van der Waals surface area contributed by atoms with Crippen molar-refractivity contribution in [2.45, 2.75) is 83.3 Å². The molecule has 3 fully saturated rings. The molecule has 8 rings (SSSR count). The highest BCUT2D eigenvalue weighted by Crippen LogP contribution is 2.36. The van der Waals surface area contributed by atoms with Crippen LogP contribution in [0.1, 0.15) is 75.1 Å². The van der Waals surface area contributed by atoms with Gasteiger partial charge in [-0.1, -0.05) is 67.8 Å². The van der Waals surface area contributed by atoms with Gasteiger partial charge in [0, 0.05) is 31.1 Å². The van der Waals surface area contributed by atoms with Crippen LogP contribution in [0.3, 0.4) is 0 Å². The zero-order chi connectivity index (χ0) is 28.9. The summed E-state index contributed by atoms with van der Waals surface area (Å²) in [6.45, 7) is 1.70. The van der Waals surface area contributed by atoms with Crippen molar-refractivity contribution in [3.8, 4) is 22.5 Å². The summed E-state index contributed by atoms with van der Waals surface area (Å²) in [7, 11) is 0. The summed E-state index contributed by atoms with van der Waals surface area (Å²) in [5.41, 5.74) is 4.94. The third kappa shape index (κ3) is 5.02. The Hall–Kier alpha value is -4.34. The molecule has 10 heteroatoms. The van der Waals surface area contributed by atoms with Crippen molar-refractivity contribution in [3.05, 3.63) is 80.8 Å². The van der Waals surface area contributed by atoms with E-state index in [1.807, 2.05) is 22.8 Å². The van der Waals surface area contributed by atoms with Gasteiger partial charge in [0.15, 0.2) is 17.0 Å². The largest absolute Gasteiger partial charge is 0.332 e. The van der Waals surface area contributed by atoms with Crippen LogP contribution in [0.15, 0.2) is 58.1 Å². The fourth-order valence-corrected chi connectivity index (χ4v) is 6.77. The van der Waals surface area contributed by atoms with E-state index in [0.29, 0.717) is 54.4 Å². The lowest BCUT2D eigenvalue weighted by atomic mass is 9.88. The van der Waals surface area contributed by atoms with Gasteiger partial charge in [-0.05, 0) is 77.5 Å². The molecule has 2 aromatic carbocycles. The summed E-state index contributed by atoms with van der Waals surface area (Å²) in [6, 6.07) is 16.6. The van der Waals surface area contributed by atoms with Gasteiger partial charge in [-0.2, -0.15) is 0 Å². The van der Waals surface area contributed by atoms with Crippen molar-refractivity contribution >= 4 is 11.2 Å². The first-order chi connectivity index (χ1) is 21.1. The number of aromatic nitrogens is 8. The molecule has 0 amide bonds. The van der Waals surface area contributed by atoms with Crippen LogP contribution in [0, 0.1) is 11.8 Å². The molecule has 3 aromatic heterocycles. The normalized spacial score (nSPS) is 17.6. The molecule has 0 atom stereocenters. The van der Waals surface area contributed by atoms with Gasteiger partial charge in [-0.3, -0.25) is 13.9 Å². The number of fused-ring (bicyclic) bond motifs is 1. The topological polar surface area (TPSA) is 116 Å². The van der Waals surface area contributed by atoms with Crippen molar-refractivity contribution in [2.75, 3.05) is 0 Å². The number of aromatic amines is 1. The molecule has 3 aliphatic rings. The Bertz CT molecular complexity index is 1890. The Labute approximate surface area is 248 Å². The van der Waals surface area contributed by atoms with Gasteiger partial charge in [0.1, 0.15) is 5.82 Å². The Morgan fingerprint density at radius 3 is 2.14 bits per heavy atom. The summed E-state index contributed by atoms with van der Waals surface area (Å²) in [6.07, 6.45) is 10.2. The third-order valence-electron chi connectivity index (χ3n) is 9.52. The predicted molar refractivity (Wildman–Crippen MR) is 164 cm³/mol. The number of imidazole rings is 1. The maximum Gasteiger partial charge on any atom is 0.332 e. The van der Waals surface area contributed by atoms with Crippen LogP contribution in [0.2, 0.25) is 0 Å². The van der Waals surface area contributed by atoms with Gasteiger partial charge >= 0.3 is 5.69 Å². The Morgan fingerprint density at radius 2 is 1.47 bits per heavy atom. The second-order valence-corrected chi connectivity index (χ2v) is 12.8. The van der Waals surface area contributed by atoms with E-state index in [0.717, 1.165) is 66.6 Å². The lowest BCUT2D eigenvalue weighted by molar-refractivity contribution is 0.419. The number of hydrogen-bond acceptors (Lipinski definition) is 6. The van der Waals surface area contributed by atoms with Gasteiger partial charge in [-0.25, -0.2) is 14.9 Å². The number of nitrogens with zero attached hydrogens (tertiary/aromatic N) is 7. The summed E-state index contributed by atoms with van der Waals surface area (Å²) in [5, 5.41) is 14.5. The molecule has 10 nitrogen and oxygen atoms in total. The van der Waals surface area contributed by atoms with E-state index in [-0.39, 0.29) is 11.2 Å². The van der Waals surface area contributed by atoms with Crippen molar-refractivity contribution < 1.29 is 0 Å². The molecule has 3 aliphatic carbocycles. The summed E-state index contributed by atoms with van der Waals surface area (Å²) in [5.74, 6) is 2.81. The molecule has 0 bridgehead atoms. The third-order valence-corrected chi connectivity index (χ3v) is 9.52. The van der Waals surface area contributed by atoms with E-state index in [1.165, 1.54) is 23.8 Å². The van der Waals surface area contributed by atoms with E-state index >= 15 is 0 Å². The van der Waals surface area contributed by atoms with Gasteiger partial charge < -0.3 is 4.57 Å². The Balaban J connectivity index is 1.23. The second kappa shape index (κ2) is 10.7. The second-order valence-electron chi connectivity index (χ2n) is 12.8. The zero-order valence-electron chi connectivity index (χ0n) is 24.3. The molecule has 0 radical (unpaired) electrons. The molecule has 3 saturated carbocycles. The minimum atomic E-state index is -0.181. The Kier molecular flexibility index (Phi) is 6.57. The molecule has 0 spiro atoms. The fourth-order valence-electron chi connectivity index (χ4n) is 6.77. The quantitative estimate of drug-likeness (QED) is 0.260. The number of H-pyrrole nitrogens is 1. The van der Waals surface area contributed by atoms with E-state index in [1.54, 1.807) is 0 Å². The van der Waals surface area contributed by atoms with Gasteiger partial charge in [0.25, 0.3) is 5.56 Å². The smallest absolute Gasteiger partial charge is 0.317 e. The molecular weight excluding hydrogens is 540 g/mol. The van der Waals surface area contributed by atoms with E-state index in [4.69, 9.17) is 4.98 Å². The van der Waals surface area contributed by atoms with Crippen LogP contribution in [0.4, 0.5) is 0 Å². The average molecular weight is 577 g/mol. The van der Waals surface area contributed by atoms with Gasteiger partial charge in [0.2, 0.25) is 0 Å². The molecular formula is C33H36N8O2. The average Bonchev–Trinajstić information content (AvgIpc) is 3.96. The molecule has 220 valence electrons. The van der Waals surface area contributed by atoms with E-state index in [2.05, 4.69) is 55.5 Å². The lowest BCUT2D eigenvalue weighted by Crippen LogP contribution is -2.41. The first-order valence-corrected chi connectivity index (χ1v) is 15.8. The van der Waals surface area contributed by atoms with Crippen LogP contribution in [0.25, 0.3) is 33.7 Å². The molecule has 43 heavy (non-hydrogen) atoms. The summed E-state index contributed by atoms with van der Waals surface area (Å²) < 4.78 is 5.50. The highest BCUT2D eigenvalue weighted by molar-refractivity contribution is 5.80. The summed E-state index contributed by atoms with van der Waals surface area (Å²) >= 11 is 0. The van der Waals surface area contributed by atoms with Gasteiger partial charge in [-0.15, -0.1) is 5.10 Å². The molecule has 1 N–H and O–H groups in total. The van der Waals surface area contributed by atoms with Crippen LogP contribution in [-0.4, -0.2) is 39.3 Å². The minimum Gasteiger partial charge on any atom is -0.317 e. The zero-order valence-corrected chi connectivity index (χ0v) is 24.3. The standard InChI is InChI=1S/C33H36N8O2/c42-32-28-31(40(19-21-10-11-21)33(43)41(32)20-22-12-13-22)34-30(25-6-2-1-3-7-25)39(28)18-23-14-16-24(17-15-23)26-8-4-5-9-27(26)29-35-37-38-36-29/h4-5,8-9,14-17,21-22,25H,1-3,6-7,10-13,18-20H2,(H,35,36,37,38). The molecule has 0 aliphatic heterocycles. The lowest BCUT2D eigenvalue weighted by Gasteiger charge is -2.22.